The largest absolute Gasteiger partial charge is 0.336 e. The van der Waals surface area contributed by atoms with Crippen LogP contribution in [0.3, 0.4) is 0 Å². The number of likely N-dealkylation sites (tertiary alicyclic amines) is 2. The maximum absolute atomic E-state index is 12.9. The summed E-state index contributed by atoms with van der Waals surface area (Å²) in [5, 5.41) is 0. The van der Waals surface area contributed by atoms with Crippen LogP contribution in [0.15, 0.2) is 0 Å². The minimum absolute atomic E-state index is 0.0661. The number of nitrogens with zero attached hydrogens (tertiary/aromatic N) is 2. The van der Waals surface area contributed by atoms with Gasteiger partial charge in [-0.1, -0.05) is 0 Å². The van der Waals surface area contributed by atoms with Crippen LogP contribution in [0, 0.1) is 11.8 Å². The number of aldehydes is 1. The van der Waals surface area contributed by atoms with Gasteiger partial charge in [-0.15, -0.1) is 0 Å². The van der Waals surface area contributed by atoms with Gasteiger partial charge in [0, 0.05) is 23.9 Å². The molecule has 1 atom stereocenters. The normalized spacial score (nSPS) is 31.1. The first-order chi connectivity index (χ1) is 9.64. The van der Waals surface area contributed by atoms with Crippen molar-refractivity contribution in [3.8, 4) is 0 Å². The Balaban J connectivity index is 1.71. The van der Waals surface area contributed by atoms with E-state index in [2.05, 4.69) is 16.8 Å². The zero-order valence-corrected chi connectivity index (χ0v) is 12.5. The van der Waals surface area contributed by atoms with E-state index in [4.69, 9.17) is 0 Å². The molecule has 20 heavy (non-hydrogen) atoms. The molecule has 1 spiro atoms. The molecule has 0 N–H and O–H groups in total. The molecule has 112 valence electrons. The lowest BCUT2D eigenvalue weighted by molar-refractivity contribution is -0.153. The lowest BCUT2D eigenvalue weighted by Crippen LogP contribution is -2.62. The first-order valence-corrected chi connectivity index (χ1v) is 8.10. The quantitative estimate of drug-likeness (QED) is 0.722. The van der Waals surface area contributed by atoms with Gasteiger partial charge >= 0.3 is 0 Å². The topological polar surface area (TPSA) is 40.6 Å². The standard InChI is InChI=1S/C16H26N2O2/c1-17-9-4-14(5-10-17)15(20)18-11-13(12-19)3-8-16(18)6-2-7-16/h12-14H,2-11H2,1H3. The van der Waals surface area contributed by atoms with Crippen LogP contribution in [0.4, 0.5) is 0 Å². The van der Waals surface area contributed by atoms with Crippen molar-refractivity contribution in [2.24, 2.45) is 11.8 Å². The van der Waals surface area contributed by atoms with Gasteiger partial charge < -0.3 is 14.6 Å². The third-order valence-corrected chi connectivity index (χ3v) is 5.78. The van der Waals surface area contributed by atoms with E-state index in [1.807, 2.05) is 0 Å². The summed E-state index contributed by atoms with van der Waals surface area (Å²) in [5.74, 6) is 0.592. The van der Waals surface area contributed by atoms with Gasteiger partial charge in [0.05, 0.1) is 0 Å². The van der Waals surface area contributed by atoms with Crippen LogP contribution in [0.25, 0.3) is 0 Å². The predicted octanol–water partition coefficient (Wildman–Crippen LogP) is 1.69. The average Bonchev–Trinajstić information content (AvgIpc) is 2.45. The second-order valence-electron chi connectivity index (χ2n) is 7.04. The van der Waals surface area contributed by atoms with Crippen LogP contribution in [-0.4, -0.2) is 54.2 Å². The van der Waals surface area contributed by atoms with Crippen LogP contribution in [0.2, 0.25) is 0 Å². The van der Waals surface area contributed by atoms with Crippen molar-refractivity contribution in [1.29, 1.82) is 0 Å². The molecule has 1 amide bonds. The third-order valence-electron chi connectivity index (χ3n) is 5.78. The van der Waals surface area contributed by atoms with E-state index in [9.17, 15) is 9.59 Å². The van der Waals surface area contributed by atoms with Crippen LogP contribution in [0.5, 0.6) is 0 Å². The average molecular weight is 278 g/mol. The zero-order chi connectivity index (χ0) is 14.2. The maximum atomic E-state index is 12.9. The number of hydrogen-bond donors (Lipinski definition) is 0. The first-order valence-electron chi connectivity index (χ1n) is 8.10. The number of carbonyl (C=O) groups excluding carboxylic acids is 2. The van der Waals surface area contributed by atoms with E-state index >= 15 is 0 Å². The van der Waals surface area contributed by atoms with Crippen molar-refractivity contribution >= 4 is 12.2 Å². The summed E-state index contributed by atoms with van der Waals surface area (Å²) in [6, 6.07) is 0. The summed E-state index contributed by atoms with van der Waals surface area (Å²) in [6.07, 6.45) is 8.56. The van der Waals surface area contributed by atoms with Crippen molar-refractivity contribution in [2.45, 2.75) is 50.5 Å². The van der Waals surface area contributed by atoms with Gasteiger partial charge in [0.15, 0.2) is 0 Å². The Morgan fingerprint density at radius 1 is 1.15 bits per heavy atom. The summed E-state index contributed by atoms with van der Waals surface area (Å²) in [4.78, 5) is 28.5. The van der Waals surface area contributed by atoms with Crippen molar-refractivity contribution in [2.75, 3.05) is 26.7 Å². The van der Waals surface area contributed by atoms with Crippen LogP contribution in [-0.2, 0) is 9.59 Å². The molecule has 4 nitrogen and oxygen atoms in total. The van der Waals surface area contributed by atoms with Crippen LogP contribution < -0.4 is 0 Å². The summed E-state index contributed by atoms with van der Waals surface area (Å²) in [7, 11) is 2.12. The summed E-state index contributed by atoms with van der Waals surface area (Å²) in [5.41, 5.74) is 0.125. The Morgan fingerprint density at radius 2 is 1.85 bits per heavy atom. The molecule has 1 aliphatic carbocycles. The molecule has 3 rings (SSSR count). The van der Waals surface area contributed by atoms with Gasteiger partial charge in [-0.25, -0.2) is 0 Å². The zero-order valence-electron chi connectivity index (χ0n) is 12.5. The molecule has 2 heterocycles. The Labute approximate surface area is 121 Å². The number of hydrogen-bond acceptors (Lipinski definition) is 3. The Hall–Kier alpha value is -0.900. The van der Waals surface area contributed by atoms with E-state index in [1.54, 1.807) is 0 Å². The molecular formula is C16H26N2O2. The molecule has 0 aromatic rings. The fourth-order valence-electron chi connectivity index (χ4n) is 4.12. The molecule has 0 aromatic heterocycles. The van der Waals surface area contributed by atoms with Crippen LogP contribution >= 0.6 is 0 Å². The van der Waals surface area contributed by atoms with E-state index in [0.29, 0.717) is 12.5 Å². The van der Waals surface area contributed by atoms with Gasteiger partial charge in [-0.3, -0.25) is 4.79 Å². The fourth-order valence-corrected chi connectivity index (χ4v) is 4.12. The van der Waals surface area contributed by atoms with Crippen molar-refractivity contribution in [3.05, 3.63) is 0 Å². The van der Waals surface area contributed by atoms with E-state index in [0.717, 1.165) is 57.9 Å². The number of piperidine rings is 2. The molecule has 3 fully saturated rings. The lowest BCUT2D eigenvalue weighted by Gasteiger charge is -2.55. The Kier molecular flexibility index (Phi) is 3.85. The second-order valence-corrected chi connectivity index (χ2v) is 7.04. The molecule has 1 unspecified atom stereocenters. The summed E-state index contributed by atoms with van der Waals surface area (Å²) >= 11 is 0. The van der Waals surface area contributed by atoms with Gasteiger partial charge in [-0.05, 0) is 65.1 Å². The second kappa shape index (κ2) is 5.47. The van der Waals surface area contributed by atoms with E-state index in [1.165, 1.54) is 6.42 Å². The van der Waals surface area contributed by atoms with E-state index < -0.39 is 0 Å². The SMILES string of the molecule is CN1CCC(C(=O)N2CC(C=O)CCC23CCC3)CC1. The van der Waals surface area contributed by atoms with Crippen molar-refractivity contribution in [1.82, 2.24) is 9.80 Å². The maximum Gasteiger partial charge on any atom is 0.226 e. The highest BCUT2D eigenvalue weighted by Crippen LogP contribution is 2.46. The number of carbonyl (C=O) groups is 2. The highest BCUT2D eigenvalue weighted by atomic mass is 16.2. The Morgan fingerprint density at radius 3 is 2.40 bits per heavy atom. The molecule has 0 radical (unpaired) electrons. The number of amides is 1. The summed E-state index contributed by atoms with van der Waals surface area (Å²) < 4.78 is 0. The minimum atomic E-state index is 0.0661. The van der Waals surface area contributed by atoms with Gasteiger partial charge in [0.25, 0.3) is 0 Å². The molecule has 2 aliphatic heterocycles. The van der Waals surface area contributed by atoms with Gasteiger partial charge in [0.2, 0.25) is 5.91 Å². The van der Waals surface area contributed by atoms with Crippen molar-refractivity contribution < 1.29 is 9.59 Å². The highest BCUT2D eigenvalue weighted by molar-refractivity contribution is 5.80. The molecule has 3 aliphatic rings. The smallest absolute Gasteiger partial charge is 0.226 e. The molecule has 2 saturated heterocycles. The predicted molar refractivity (Wildman–Crippen MR) is 77.3 cm³/mol. The monoisotopic (exact) mass is 278 g/mol. The summed E-state index contributed by atoms with van der Waals surface area (Å²) in [6.45, 7) is 2.72. The molecular weight excluding hydrogens is 252 g/mol. The van der Waals surface area contributed by atoms with Crippen molar-refractivity contribution in [3.63, 3.8) is 0 Å². The third kappa shape index (κ3) is 2.39. The van der Waals surface area contributed by atoms with Crippen LogP contribution in [0.1, 0.15) is 44.9 Å². The minimum Gasteiger partial charge on any atom is -0.336 e. The fraction of sp³-hybridized carbons (Fsp3) is 0.875. The molecule has 4 heteroatoms. The molecule has 0 aromatic carbocycles. The Bertz CT molecular complexity index is 384. The molecule has 1 saturated carbocycles. The molecule has 0 bridgehead atoms. The number of rotatable bonds is 2. The lowest BCUT2D eigenvalue weighted by atomic mass is 9.68. The van der Waals surface area contributed by atoms with Gasteiger partial charge in [0.1, 0.15) is 6.29 Å². The first kappa shape index (κ1) is 14.1. The highest BCUT2D eigenvalue weighted by Gasteiger charge is 2.49. The van der Waals surface area contributed by atoms with E-state index in [-0.39, 0.29) is 17.4 Å². The van der Waals surface area contributed by atoms with Gasteiger partial charge in [-0.2, -0.15) is 0 Å².